The molecule has 2 saturated heterocycles. The molecule has 4 rings (SSSR count). The van der Waals surface area contributed by atoms with Crippen molar-refractivity contribution >= 4 is 46.4 Å². The van der Waals surface area contributed by atoms with Gasteiger partial charge in [-0.15, -0.1) is 0 Å². The minimum atomic E-state index is -0.343. The van der Waals surface area contributed by atoms with E-state index in [0.717, 1.165) is 36.8 Å². The number of hydrogen-bond donors (Lipinski definition) is 1. The second-order valence-electron chi connectivity index (χ2n) is 7.27. The Hall–Kier alpha value is -2.28. The molecule has 2 fully saturated rings. The number of amides is 2. The molecule has 0 aromatic heterocycles. The molecular formula is C21H22Cl2N3O3+. The van der Waals surface area contributed by atoms with Crippen molar-refractivity contribution in [3.63, 3.8) is 0 Å². The van der Waals surface area contributed by atoms with Crippen molar-refractivity contribution in [1.82, 2.24) is 0 Å². The van der Waals surface area contributed by atoms with Gasteiger partial charge in [0, 0.05) is 11.8 Å². The molecule has 0 spiro atoms. The molecule has 29 heavy (non-hydrogen) atoms. The summed E-state index contributed by atoms with van der Waals surface area (Å²) in [4.78, 5) is 30.3. The SMILES string of the molecule is COc1cccc(N2C(=O)C[C@H]([NH+]3CCN(c4ccc(Cl)c(Cl)c4)CC3)C2=O)c1. The molecule has 152 valence electrons. The molecule has 1 N–H and O–H groups in total. The van der Waals surface area contributed by atoms with Gasteiger partial charge in [-0.1, -0.05) is 29.3 Å². The number of nitrogens with zero attached hydrogens (tertiary/aromatic N) is 2. The lowest BCUT2D eigenvalue weighted by atomic mass is 10.1. The third kappa shape index (κ3) is 3.92. The number of imide groups is 1. The van der Waals surface area contributed by atoms with Crippen LogP contribution < -0.4 is 19.4 Å². The van der Waals surface area contributed by atoms with E-state index >= 15 is 0 Å². The van der Waals surface area contributed by atoms with Crippen molar-refractivity contribution in [1.29, 1.82) is 0 Å². The number of carbonyl (C=O) groups is 2. The number of benzene rings is 2. The summed E-state index contributed by atoms with van der Waals surface area (Å²) in [6.45, 7) is 3.11. The van der Waals surface area contributed by atoms with Crippen molar-refractivity contribution in [2.45, 2.75) is 12.5 Å². The summed E-state index contributed by atoms with van der Waals surface area (Å²) in [5.41, 5.74) is 1.58. The number of methoxy groups -OCH3 is 1. The molecule has 2 heterocycles. The molecule has 2 aromatic rings. The Bertz CT molecular complexity index is 945. The topological polar surface area (TPSA) is 54.3 Å². The summed E-state index contributed by atoms with van der Waals surface area (Å²) in [6.07, 6.45) is 0.234. The molecule has 2 amide bonds. The zero-order valence-electron chi connectivity index (χ0n) is 16.0. The van der Waals surface area contributed by atoms with Gasteiger partial charge in [-0.3, -0.25) is 9.59 Å². The van der Waals surface area contributed by atoms with Crippen LogP contribution in [0.5, 0.6) is 5.75 Å². The maximum absolute atomic E-state index is 13.0. The molecule has 0 bridgehead atoms. The smallest absolute Gasteiger partial charge is 0.292 e. The number of carbonyl (C=O) groups excluding carboxylic acids is 2. The number of ether oxygens (including phenoxy) is 1. The van der Waals surface area contributed by atoms with Crippen molar-refractivity contribution in [3.05, 3.63) is 52.5 Å². The van der Waals surface area contributed by atoms with Crippen LogP contribution >= 0.6 is 23.2 Å². The van der Waals surface area contributed by atoms with Crippen LogP contribution in [-0.4, -0.2) is 51.1 Å². The molecule has 0 aliphatic carbocycles. The molecule has 8 heteroatoms. The van der Waals surface area contributed by atoms with Gasteiger partial charge in [0.15, 0.2) is 6.04 Å². The lowest BCUT2D eigenvalue weighted by Crippen LogP contribution is -3.19. The molecule has 2 aromatic carbocycles. The van der Waals surface area contributed by atoms with E-state index in [-0.39, 0.29) is 24.3 Å². The van der Waals surface area contributed by atoms with Crippen molar-refractivity contribution in [2.24, 2.45) is 0 Å². The van der Waals surface area contributed by atoms with Gasteiger partial charge in [0.2, 0.25) is 5.91 Å². The number of quaternary nitrogens is 1. The summed E-state index contributed by atoms with van der Waals surface area (Å²) < 4.78 is 5.22. The quantitative estimate of drug-likeness (QED) is 0.748. The highest BCUT2D eigenvalue weighted by molar-refractivity contribution is 6.42. The fraction of sp³-hybridized carbons (Fsp3) is 0.333. The average molecular weight is 435 g/mol. The Morgan fingerprint density at radius 2 is 1.76 bits per heavy atom. The zero-order chi connectivity index (χ0) is 20.5. The highest BCUT2D eigenvalue weighted by Gasteiger charge is 2.46. The predicted octanol–water partition coefficient (Wildman–Crippen LogP) is 2.04. The van der Waals surface area contributed by atoms with Gasteiger partial charge in [0.25, 0.3) is 5.91 Å². The van der Waals surface area contributed by atoms with Crippen LogP contribution in [0.4, 0.5) is 11.4 Å². The second-order valence-corrected chi connectivity index (χ2v) is 8.08. The summed E-state index contributed by atoms with van der Waals surface area (Å²) in [5, 5.41) is 1.07. The van der Waals surface area contributed by atoms with Crippen molar-refractivity contribution < 1.29 is 19.2 Å². The molecule has 0 radical (unpaired) electrons. The van der Waals surface area contributed by atoms with Crippen LogP contribution in [0.2, 0.25) is 10.0 Å². The first-order valence-electron chi connectivity index (χ1n) is 9.53. The third-order valence-corrected chi connectivity index (χ3v) is 6.36. The van der Waals surface area contributed by atoms with Gasteiger partial charge in [-0.05, 0) is 30.3 Å². The largest absolute Gasteiger partial charge is 0.497 e. The second kappa shape index (κ2) is 8.22. The van der Waals surface area contributed by atoms with Gasteiger partial charge < -0.3 is 14.5 Å². The summed E-state index contributed by atoms with van der Waals surface area (Å²) in [7, 11) is 1.56. The van der Waals surface area contributed by atoms with Gasteiger partial charge in [-0.2, -0.15) is 0 Å². The summed E-state index contributed by atoms with van der Waals surface area (Å²) in [6, 6.07) is 12.3. The third-order valence-electron chi connectivity index (χ3n) is 5.62. The first-order chi connectivity index (χ1) is 14.0. The monoisotopic (exact) mass is 434 g/mol. The molecule has 1 atom stereocenters. The molecular weight excluding hydrogens is 413 g/mol. The minimum Gasteiger partial charge on any atom is -0.497 e. The standard InChI is InChI=1S/C21H21Cl2N3O3/c1-29-16-4-2-3-15(11-16)26-20(27)13-19(21(26)28)25-9-7-24(8-10-25)14-5-6-17(22)18(23)12-14/h2-6,11-12,19H,7-10,13H2,1H3/p+1/t19-/m0/s1. The van der Waals surface area contributed by atoms with Gasteiger partial charge in [0.1, 0.15) is 5.75 Å². The molecule has 2 aliphatic rings. The Kier molecular flexibility index (Phi) is 5.67. The molecule has 0 unspecified atom stereocenters. The maximum Gasteiger partial charge on any atom is 0.292 e. The predicted molar refractivity (Wildman–Crippen MR) is 113 cm³/mol. The Labute approximate surface area is 179 Å². The first-order valence-corrected chi connectivity index (χ1v) is 10.3. The van der Waals surface area contributed by atoms with E-state index in [1.165, 1.54) is 4.90 Å². The van der Waals surface area contributed by atoms with Crippen molar-refractivity contribution in [2.75, 3.05) is 43.1 Å². The Morgan fingerprint density at radius 1 is 1.00 bits per heavy atom. The van der Waals surface area contributed by atoms with Crippen molar-refractivity contribution in [3.8, 4) is 5.75 Å². The van der Waals surface area contributed by atoms with E-state index in [9.17, 15) is 9.59 Å². The zero-order valence-corrected chi connectivity index (χ0v) is 17.5. The lowest BCUT2D eigenvalue weighted by molar-refractivity contribution is -0.915. The number of hydrogen-bond acceptors (Lipinski definition) is 4. The molecule has 2 aliphatic heterocycles. The van der Waals surface area contributed by atoms with E-state index < -0.39 is 0 Å². The number of nitrogens with one attached hydrogen (secondary N) is 1. The van der Waals surface area contributed by atoms with E-state index in [4.69, 9.17) is 27.9 Å². The number of halogens is 2. The number of piperazine rings is 1. The highest BCUT2D eigenvalue weighted by atomic mass is 35.5. The van der Waals surface area contributed by atoms with E-state index in [2.05, 4.69) is 4.90 Å². The van der Waals surface area contributed by atoms with Crippen LogP contribution in [0.15, 0.2) is 42.5 Å². The van der Waals surface area contributed by atoms with Crippen LogP contribution in [0.3, 0.4) is 0 Å². The maximum atomic E-state index is 13.0. The van der Waals surface area contributed by atoms with Crippen LogP contribution in [0.25, 0.3) is 0 Å². The summed E-state index contributed by atoms with van der Waals surface area (Å²) >= 11 is 12.1. The normalized spacial score (nSPS) is 20.4. The molecule has 6 nitrogen and oxygen atoms in total. The number of anilines is 2. The Balaban J connectivity index is 1.44. The van der Waals surface area contributed by atoms with E-state index in [1.807, 2.05) is 12.1 Å². The average Bonchev–Trinajstić information content (AvgIpc) is 3.04. The lowest BCUT2D eigenvalue weighted by Gasteiger charge is -2.35. The van der Waals surface area contributed by atoms with Crippen LogP contribution in [0, 0.1) is 0 Å². The van der Waals surface area contributed by atoms with E-state index in [0.29, 0.717) is 21.5 Å². The Morgan fingerprint density at radius 3 is 2.45 bits per heavy atom. The minimum absolute atomic E-state index is 0.138. The fourth-order valence-electron chi connectivity index (χ4n) is 4.05. The van der Waals surface area contributed by atoms with Gasteiger partial charge >= 0.3 is 0 Å². The summed E-state index contributed by atoms with van der Waals surface area (Å²) in [5.74, 6) is 0.322. The first kappa shape index (κ1) is 20.0. The van der Waals surface area contributed by atoms with Crippen LogP contribution in [-0.2, 0) is 9.59 Å². The number of rotatable bonds is 4. The van der Waals surface area contributed by atoms with Gasteiger partial charge in [-0.25, -0.2) is 4.90 Å². The van der Waals surface area contributed by atoms with E-state index in [1.54, 1.807) is 37.4 Å². The van der Waals surface area contributed by atoms with Gasteiger partial charge in [0.05, 0.1) is 55.4 Å². The highest BCUT2D eigenvalue weighted by Crippen LogP contribution is 2.28. The van der Waals surface area contributed by atoms with Crippen LogP contribution in [0.1, 0.15) is 6.42 Å². The molecule has 0 saturated carbocycles. The fourth-order valence-corrected chi connectivity index (χ4v) is 4.35.